The van der Waals surface area contributed by atoms with E-state index in [1.807, 2.05) is 13.8 Å². The quantitative estimate of drug-likeness (QED) is 0.509. The number of amides is 3. The van der Waals surface area contributed by atoms with Gasteiger partial charge >= 0.3 is 6.03 Å². The molecule has 0 saturated carbocycles. The molecule has 3 N–H and O–H groups in total. The molecule has 1 heterocycles. The molecule has 0 unspecified atom stereocenters. The maximum Gasteiger partial charge on any atom is 0.319 e. The summed E-state index contributed by atoms with van der Waals surface area (Å²) in [6.45, 7) is 4.57. The number of ether oxygens (including phenoxy) is 2. The smallest absolute Gasteiger partial charge is 0.319 e. The molecule has 0 radical (unpaired) electrons. The van der Waals surface area contributed by atoms with Crippen molar-refractivity contribution in [1.82, 2.24) is 25.6 Å². The SMILES string of the molecule is COc1ccc(NC(=O)NCCn2nnc3cc(C(=O)NC(C)C)ccc32)cc1OC. The Morgan fingerprint density at radius 2 is 1.84 bits per heavy atom. The molecule has 3 rings (SSSR count). The fraction of sp³-hybridized carbons (Fsp3) is 0.333. The van der Waals surface area contributed by atoms with Crippen molar-refractivity contribution in [3.05, 3.63) is 42.0 Å². The predicted molar refractivity (Wildman–Crippen MR) is 117 cm³/mol. The van der Waals surface area contributed by atoms with Crippen LogP contribution < -0.4 is 25.4 Å². The van der Waals surface area contributed by atoms with E-state index in [9.17, 15) is 9.59 Å². The molecule has 3 aromatic rings. The summed E-state index contributed by atoms with van der Waals surface area (Å²) in [4.78, 5) is 24.3. The molecule has 0 aliphatic carbocycles. The number of aromatic nitrogens is 3. The van der Waals surface area contributed by atoms with E-state index in [-0.39, 0.29) is 18.0 Å². The van der Waals surface area contributed by atoms with Crippen molar-refractivity contribution in [1.29, 1.82) is 0 Å². The Morgan fingerprint density at radius 1 is 1.06 bits per heavy atom. The van der Waals surface area contributed by atoms with E-state index in [2.05, 4.69) is 26.3 Å². The number of rotatable bonds is 8. The summed E-state index contributed by atoms with van der Waals surface area (Å²) in [5.74, 6) is 0.951. The first-order valence-corrected chi connectivity index (χ1v) is 9.82. The van der Waals surface area contributed by atoms with E-state index in [4.69, 9.17) is 9.47 Å². The van der Waals surface area contributed by atoms with Crippen molar-refractivity contribution in [3.8, 4) is 11.5 Å². The van der Waals surface area contributed by atoms with Crippen LogP contribution in [0.25, 0.3) is 11.0 Å². The van der Waals surface area contributed by atoms with Gasteiger partial charge in [0.2, 0.25) is 0 Å². The number of nitrogens with zero attached hydrogens (tertiary/aromatic N) is 3. The third-order valence-electron chi connectivity index (χ3n) is 4.45. The molecule has 0 bridgehead atoms. The fourth-order valence-electron chi connectivity index (χ4n) is 2.99. The number of benzene rings is 2. The lowest BCUT2D eigenvalue weighted by atomic mass is 10.2. The highest BCUT2D eigenvalue weighted by atomic mass is 16.5. The molecule has 3 amide bonds. The van der Waals surface area contributed by atoms with Crippen LogP contribution in [0.1, 0.15) is 24.2 Å². The Kier molecular flexibility index (Phi) is 6.91. The number of carbonyl (C=O) groups excluding carboxylic acids is 2. The number of nitrogens with one attached hydrogen (secondary N) is 3. The molecule has 1 aromatic heterocycles. The number of methoxy groups -OCH3 is 2. The lowest BCUT2D eigenvalue weighted by Crippen LogP contribution is -2.31. The highest BCUT2D eigenvalue weighted by Crippen LogP contribution is 2.29. The molecular formula is C21H26N6O4. The van der Waals surface area contributed by atoms with Crippen LogP contribution >= 0.6 is 0 Å². The third-order valence-corrected chi connectivity index (χ3v) is 4.45. The van der Waals surface area contributed by atoms with Crippen LogP contribution in [-0.4, -0.2) is 53.7 Å². The van der Waals surface area contributed by atoms with Crippen LogP contribution in [0.4, 0.5) is 10.5 Å². The minimum absolute atomic E-state index is 0.0510. The van der Waals surface area contributed by atoms with Crippen molar-refractivity contribution >= 4 is 28.7 Å². The van der Waals surface area contributed by atoms with Crippen LogP contribution in [0, 0.1) is 0 Å². The number of urea groups is 1. The summed E-state index contributed by atoms with van der Waals surface area (Å²) in [5, 5.41) is 16.6. The van der Waals surface area contributed by atoms with Crippen molar-refractivity contribution < 1.29 is 19.1 Å². The first-order chi connectivity index (χ1) is 14.9. The van der Waals surface area contributed by atoms with E-state index in [0.29, 0.717) is 41.4 Å². The Bertz CT molecular complexity index is 1080. The second-order valence-electron chi connectivity index (χ2n) is 7.09. The van der Waals surface area contributed by atoms with Crippen molar-refractivity contribution in [2.75, 3.05) is 26.1 Å². The predicted octanol–water partition coefficient (Wildman–Crippen LogP) is 2.41. The van der Waals surface area contributed by atoms with E-state index in [0.717, 1.165) is 5.52 Å². The van der Waals surface area contributed by atoms with Gasteiger partial charge in [-0.05, 0) is 44.2 Å². The Balaban J connectivity index is 1.56. The van der Waals surface area contributed by atoms with Crippen molar-refractivity contribution in [3.63, 3.8) is 0 Å². The van der Waals surface area contributed by atoms with Crippen LogP contribution in [0.3, 0.4) is 0 Å². The largest absolute Gasteiger partial charge is 0.493 e. The van der Waals surface area contributed by atoms with Crippen molar-refractivity contribution in [2.24, 2.45) is 0 Å². The van der Waals surface area contributed by atoms with Crippen molar-refractivity contribution in [2.45, 2.75) is 26.4 Å². The van der Waals surface area contributed by atoms with Gasteiger partial charge in [0, 0.05) is 29.9 Å². The minimum Gasteiger partial charge on any atom is -0.493 e. The van der Waals surface area contributed by atoms with Gasteiger partial charge < -0.3 is 25.4 Å². The lowest BCUT2D eigenvalue weighted by Gasteiger charge is -2.11. The lowest BCUT2D eigenvalue weighted by molar-refractivity contribution is 0.0943. The molecule has 0 spiro atoms. The Morgan fingerprint density at radius 3 is 2.55 bits per heavy atom. The standard InChI is InChI=1S/C21H26N6O4/c1-13(2)23-20(28)14-5-7-17-16(11-14)25-26-27(17)10-9-22-21(29)24-15-6-8-18(30-3)19(12-15)31-4/h5-8,11-13H,9-10H2,1-4H3,(H,23,28)(H2,22,24,29). The molecule has 31 heavy (non-hydrogen) atoms. The first kappa shape index (κ1) is 21.9. The molecule has 164 valence electrons. The summed E-state index contributed by atoms with van der Waals surface area (Å²) < 4.78 is 12.1. The number of hydrogen-bond acceptors (Lipinski definition) is 6. The molecule has 0 saturated heterocycles. The molecule has 0 fully saturated rings. The van der Waals surface area contributed by atoms with Gasteiger partial charge in [-0.25, -0.2) is 9.48 Å². The molecule has 2 aromatic carbocycles. The second-order valence-corrected chi connectivity index (χ2v) is 7.09. The average molecular weight is 426 g/mol. The summed E-state index contributed by atoms with van der Waals surface area (Å²) in [5.41, 5.74) is 2.50. The van der Waals surface area contributed by atoms with Gasteiger partial charge in [-0.1, -0.05) is 5.21 Å². The number of fused-ring (bicyclic) bond motifs is 1. The molecular weight excluding hydrogens is 400 g/mol. The average Bonchev–Trinajstić information content (AvgIpc) is 3.15. The molecule has 0 atom stereocenters. The molecule has 10 nitrogen and oxygen atoms in total. The summed E-state index contributed by atoms with van der Waals surface area (Å²) in [6, 6.07) is 10.0. The van der Waals surface area contributed by atoms with E-state index >= 15 is 0 Å². The van der Waals surface area contributed by atoms with E-state index in [1.165, 1.54) is 7.11 Å². The van der Waals surface area contributed by atoms with Gasteiger partial charge in [0.25, 0.3) is 5.91 Å². The van der Waals surface area contributed by atoms with Gasteiger partial charge in [0.05, 0.1) is 26.3 Å². The third kappa shape index (κ3) is 5.41. The van der Waals surface area contributed by atoms with Gasteiger partial charge in [-0.15, -0.1) is 5.10 Å². The highest BCUT2D eigenvalue weighted by Gasteiger charge is 2.12. The summed E-state index contributed by atoms with van der Waals surface area (Å²) in [7, 11) is 3.08. The Labute approximate surface area is 179 Å². The molecule has 0 aliphatic heterocycles. The second kappa shape index (κ2) is 9.79. The van der Waals surface area contributed by atoms with Crippen LogP contribution in [-0.2, 0) is 6.54 Å². The van der Waals surface area contributed by atoms with Gasteiger partial charge in [-0.2, -0.15) is 0 Å². The minimum atomic E-state index is -0.357. The van der Waals surface area contributed by atoms with Crippen LogP contribution in [0.15, 0.2) is 36.4 Å². The zero-order valence-electron chi connectivity index (χ0n) is 17.9. The summed E-state index contributed by atoms with van der Waals surface area (Å²) >= 11 is 0. The van der Waals surface area contributed by atoms with Gasteiger partial charge in [-0.3, -0.25) is 4.79 Å². The maximum absolute atomic E-state index is 12.2. The van der Waals surface area contributed by atoms with E-state index in [1.54, 1.807) is 48.2 Å². The van der Waals surface area contributed by atoms with Gasteiger partial charge in [0.1, 0.15) is 5.52 Å². The zero-order valence-corrected chi connectivity index (χ0v) is 17.9. The monoisotopic (exact) mass is 426 g/mol. The zero-order chi connectivity index (χ0) is 22.4. The fourth-order valence-corrected chi connectivity index (χ4v) is 2.99. The summed E-state index contributed by atoms with van der Waals surface area (Å²) in [6.07, 6.45) is 0. The number of anilines is 1. The number of carbonyl (C=O) groups is 2. The normalized spacial score (nSPS) is 10.7. The molecule has 10 heteroatoms. The maximum atomic E-state index is 12.2. The number of hydrogen-bond donors (Lipinski definition) is 3. The highest BCUT2D eigenvalue weighted by molar-refractivity contribution is 5.97. The van der Waals surface area contributed by atoms with Gasteiger partial charge in [0.15, 0.2) is 11.5 Å². The topological polar surface area (TPSA) is 119 Å². The van der Waals surface area contributed by atoms with Crippen LogP contribution in [0.2, 0.25) is 0 Å². The molecule has 0 aliphatic rings. The first-order valence-electron chi connectivity index (χ1n) is 9.82. The van der Waals surface area contributed by atoms with E-state index < -0.39 is 0 Å². The Hall–Kier alpha value is -3.82. The van der Waals surface area contributed by atoms with Crippen LogP contribution in [0.5, 0.6) is 11.5 Å².